The van der Waals surface area contributed by atoms with Crippen LogP contribution in [0.5, 0.6) is 0 Å². The third-order valence-corrected chi connectivity index (χ3v) is 3.40. The molecule has 1 aliphatic rings. The van der Waals surface area contributed by atoms with E-state index in [4.69, 9.17) is 4.74 Å². The number of aliphatic imine (C=N–C) groups is 1. The van der Waals surface area contributed by atoms with Crippen molar-refractivity contribution in [3.8, 4) is 0 Å². The maximum atomic E-state index is 11.7. The van der Waals surface area contributed by atoms with Crippen LogP contribution in [0.15, 0.2) is 63.9 Å². The van der Waals surface area contributed by atoms with Crippen molar-refractivity contribution >= 4 is 35.4 Å². The fourth-order valence-electron chi connectivity index (χ4n) is 1.74. The molecule has 2 aromatic rings. The molecule has 0 saturated carbocycles. The van der Waals surface area contributed by atoms with Gasteiger partial charge in [0.2, 0.25) is 5.90 Å². The summed E-state index contributed by atoms with van der Waals surface area (Å²) in [5.41, 5.74) is 2.31. The number of ether oxygens (including phenoxy) is 1. The molecule has 3 nitrogen and oxygen atoms in total. The minimum Gasteiger partial charge on any atom is -0.403 e. The Bertz CT molecular complexity index is 697. The van der Waals surface area contributed by atoms with Crippen LogP contribution in [0, 0.1) is 0 Å². The number of thiophene rings is 1. The summed E-state index contributed by atoms with van der Waals surface area (Å²) >= 11 is 1.61. The molecule has 0 unspecified atom stereocenters. The number of carbonyl (C=O) groups excluding carboxylic acids is 1. The molecule has 0 atom stereocenters. The van der Waals surface area contributed by atoms with Gasteiger partial charge in [-0.2, -0.15) is 11.3 Å². The molecule has 0 spiro atoms. The topological polar surface area (TPSA) is 38.7 Å². The predicted octanol–water partition coefficient (Wildman–Crippen LogP) is 3.76. The first-order chi connectivity index (χ1) is 9.81. The summed E-state index contributed by atoms with van der Waals surface area (Å²) in [6.45, 7) is 0. The molecule has 0 aliphatic carbocycles. The number of benzene rings is 1. The van der Waals surface area contributed by atoms with Gasteiger partial charge in [0.15, 0.2) is 5.70 Å². The highest BCUT2D eigenvalue weighted by atomic mass is 32.1. The summed E-state index contributed by atoms with van der Waals surface area (Å²) in [5, 5.41) is 4.00. The van der Waals surface area contributed by atoms with E-state index in [0.717, 1.165) is 11.1 Å². The average Bonchev–Trinajstić information content (AvgIpc) is 3.08. The monoisotopic (exact) mass is 281 g/mol. The van der Waals surface area contributed by atoms with Crippen molar-refractivity contribution in [3.63, 3.8) is 0 Å². The van der Waals surface area contributed by atoms with E-state index < -0.39 is 5.97 Å². The van der Waals surface area contributed by atoms with Crippen LogP contribution in [0.1, 0.15) is 11.1 Å². The van der Waals surface area contributed by atoms with Crippen LogP contribution in [-0.4, -0.2) is 11.9 Å². The first-order valence-electron chi connectivity index (χ1n) is 6.09. The maximum Gasteiger partial charge on any atom is 0.363 e. The van der Waals surface area contributed by atoms with Crippen LogP contribution in [0.2, 0.25) is 0 Å². The summed E-state index contributed by atoms with van der Waals surface area (Å²) in [6, 6.07) is 11.6. The Morgan fingerprint density at radius 2 is 1.90 bits per heavy atom. The van der Waals surface area contributed by atoms with Gasteiger partial charge in [0.25, 0.3) is 0 Å². The van der Waals surface area contributed by atoms with E-state index in [1.54, 1.807) is 23.5 Å². The number of hydrogen-bond donors (Lipinski definition) is 0. The highest BCUT2D eigenvalue weighted by Gasteiger charge is 2.20. The van der Waals surface area contributed by atoms with E-state index >= 15 is 0 Å². The van der Waals surface area contributed by atoms with Gasteiger partial charge in [-0.15, -0.1) is 0 Å². The third kappa shape index (κ3) is 2.92. The lowest BCUT2D eigenvalue weighted by atomic mass is 10.2. The number of rotatable bonds is 3. The summed E-state index contributed by atoms with van der Waals surface area (Å²) in [5.74, 6) is -0.0952. The lowest BCUT2D eigenvalue weighted by Gasteiger charge is -1.92. The number of hydrogen-bond acceptors (Lipinski definition) is 4. The number of esters is 1. The van der Waals surface area contributed by atoms with Gasteiger partial charge in [0.05, 0.1) is 0 Å². The summed E-state index contributed by atoms with van der Waals surface area (Å²) < 4.78 is 5.10. The van der Waals surface area contributed by atoms with Gasteiger partial charge in [0.1, 0.15) is 0 Å². The zero-order valence-electron chi connectivity index (χ0n) is 10.5. The largest absolute Gasteiger partial charge is 0.403 e. The third-order valence-electron chi connectivity index (χ3n) is 2.70. The smallest absolute Gasteiger partial charge is 0.363 e. The Morgan fingerprint density at radius 3 is 2.65 bits per heavy atom. The Balaban J connectivity index is 1.80. The number of nitrogens with zero attached hydrogens (tertiary/aromatic N) is 1. The predicted molar refractivity (Wildman–Crippen MR) is 81.3 cm³/mol. The molecule has 0 amide bonds. The molecular formula is C16H11NO2S. The minimum atomic E-state index is -0.418. The Labute approximate surface area is 120 Å². The van der Waals surface area contributed by atoms with Gasteiger partial charge < -0.3 is 4.74 Å². The molecule has 4 heteroatoms. The first-order valence-corrected chi connectivity index (χ1v) is 7.03. The standard InChI is InChI=1S/C16H11NO2S/c18-16-14(10-12-4-2-1-3-5-12)17-15(19-16)7-6-13-8-9-20-11-13/h1-11H. The average molecular weight is 281 g/mol. The van der Waals surface area contributed by atoms with E-state index in [-0.39, 0.29) is 0 Å². The SMILES string of the molecule is O=C1OC(C=Cc2ccsc2)=NC1=Cc1ccccc1. The van der Waals surface area contributed by atoms with Crippen LogP contribution < -0.4 is 0 Å². The second-order valence-corrected chi connectivity index (χ2v) is 4.95. The van der Waals surface area contributed by atoms with Gasteiger partial charge >= 0.3 is 5.97 Å². The normalized spacial score (nSPS) is 16.7. The maximum absolute atomic E-state index is 11.7. The second kappa shape index (κ2) is 5.67. The molecule has 0 bridgehead atoms. The lowest BCUT2D eigenvalue weighted by Crippen LogP contribution is -2.01. The molecule has 0 radical (unpaired) electrons. The zero-order valence-corrected chi connectivity index (χ0v) is 11.3. The first kappa shape index (κ1) is 12.6. The van der Waals surface area contributed by atoms with E-state index in [0.29, 0.717) is 11.6 Å². The van der Waals surface area contributed by atoms with Gasteiger partial charge in [0, 0.05) is 6.08 Å². The summed E-state index contributed by atoms with van der Waals surface area (Å²) in [7, 11) is 0. The molecule has 20 heavy (non-hydrogen) atoms. The highest BCUT2D eigenvalue weighted by Crippen LogP contribution is 2.16. The van der Waals surface area contributed by atoms with E-state index in [9.17, 15) is 4.79 Å². The molecule has 1 aromatic heterocycles. The van der Waals surface area contributed by atoms with Crippen LogP contribution in [-0.2, 0) is 9.53 Å². The molecule has 0 saturated heterocycles. The Morgan fingerprint density at radius 1 is 1.05 bits per heavy atom. The fraction of sp³-hybridized carbons (Fsp3) is 0. The van der Waals surface area contributed by atoms with Crippen LogP contribution >= 0.6 is 11.3 Å². The van der Waals surface area contributed by atoms with E-state index in [1.165, 1.54) is 0 Å². The van der Waals surface area contributed by atoms with Crippen molar-refractivity contribution in [1.82, 2.24) is 0 Å². The van der Waals surface area contributed by atoms with Crippen molar-refractivity contribution < 1.29 is 9.53 Å². The van der Waals surface area contributed by atoms with Gasteiger partial charge in [-0.3, -0.25) is 0 Å². The van der Waals surface area contributed by atoms with Crippen LogP contribution in [0.4, 0.5) is 0 Å². The molecule has 0 N–H and O–H groups in total. The molecule has 1 aliphatic heterocycles. The van der Waals surface area contributed by atoms with Crippen molar-refractivity contribution in [2.75, 3.05) is 0 Å². The highest BCUT2D eigenvalue weighted by molar-refractivity contribution is 7.08. The summed E-state index contributed by atoms with van der Waals surface area (Å²) in [4.78, 5) is 15.9. The van der Waals surface area contributed by atoms with Crippen LogP contribution in [0.3, 0.4) is 0 Å². The number of carbonyl (C=O) groups is 1. The minimum absolute atomic E-state index is 0.321. The number of cyclic esters (lactones) is 1. The Hall–Kier alpha value is -2.46. The van der Waals surface area contributed by atoms with Gasteiger partial charge in [-0.25, -0.2) is 9.79 Å². The van der Waals surface area contributed by atoms with Crippen molar-refractivity contribution in [2.45, 2.75) is 0 Å². The molecule has 0 fully saturated rings. The van der Waals surface area contributed by atoms with Crippen LogP contribution in [0.25, 0.3) is 12.2 Å². The molecular weight excluding hydrogens is 270 g/mol. The van der Waals surface area contributed by atoms with E-state index in [1.807, 2.05) is 53.2 Å². The molecule has 1 aromatic carbocycles. The lowest BCUT2D eigenvalue weighted by molar-refractivity contribution is -0.129. The second-order valence-electron chi connectivity index (χ2n) is 4.17. The zero-order chi connectivity index (χ0) is 13.8. The molecule has 98 valence electrons. The Kier molecular flexibility index (Phi) is 3.56. The molecule has 2 heterocycles. The quantitative estimate of drug-likeness (QED) is 0.634. The summed E-state index contributed by atoms with van der Waals surface area (Å²) in [6.07, 6.45) is 5.29. The van der Waals surface area contributed by atoms with Crippen molar-refractivity contribution in [2.24, 2.45) is 4.99 Å². The van der Waals surface area contributed by atoms with Gasteiger partial charge in [-0.1, -0.05) is 30.3 Å². The van der Waals surface area contributed by atoms with E-state index in [2.05, 4.69) is 4.99 Å². The van der Waals surface area contributed by atoms with Crippen molar-refractivity contribution in [1.29, 1.82) is 0 Å². The molecule has 3 rings (SSSR count). The fourth-order valence-corrected chi connectivity index (χ4v) is 2.37. The van der Waals surface area contributed by atoms with Gasteiger partial charge in [-0.05, 0) is 40.1 Å². The van der Waals surface area contributed by atoms with Crippen molar-refractivity contribution in [3.05, 3.63) is 70.1 Å².